The van der Waals surface area contributed by atoms with E-state index in [2.05, 4.69) is 15.6 Å². The van der Waals surface area contributed by atoms with E-state index in [9.17, 15) is 28.0 Å². The maximum Gasteiger partial charge on any atom is 0.303 e. The number of pyridine rings is 1. The number of nitrogens with one attached hydrogen (secondary N) is 2. The van der Waals surface area contributed by atoms with Gasteiger partial charge in [-0.1, -0.05) is 12.1 Å². The molecule has 2 aromatic rings. The summed E-state index contributed by atoms with van der Waals surface area (Å²) in [7, 11) is 1.71. The quantitative estimate of drug-likeness (QED) is 0.550. The number of alkyl halides is 2. The largest absolute Gasteiger partial charge is 0.481 e. The molecule has 1 fully saturated rings. The summed E-state index contributed by atoms with van der Waals surface area (Å²) in [4.78, 5) is 50.6. The Kier molecular flexibility index (Phi) is 8.71. The number of aromatic nitrogens is 1. The standard InChI is InChI=1S/C16H15N3O5.C5H9F2N/c20-9-8-18-16(24)11-6-7-17-15-10(11)2-1-3-12(15)19-13(21)4-5-14(22)23;1-8-3-2-5(6,7)4-8/h1-3,6-7,9H,4-5,8H2,(H,18,24)(H,19,21)(H,22,23);2-4H2,1H3. The van der Waals surface area contributed by atoms with Crippen molar-refractivity contribution in [1.29, 1.82) is 0 Å². The van der Waals surface area contributed by atoms with Crippen molar-refractivity contribution in [2.75, 3.05) is 32.0 Å². The van der Waals surface area contributed by atoms with Gasteiger partial charge >= 0.3 is 5.97 Å². The molecular formula is C21H24F2N4O5. The predicted octanol–water partition coefficient (Wildman–Crippen LogP) is 1.92. The van der Waals surface area contributed by atoms with E-state index in [1.54, 1.807) is 30.1 Å². The Morgan fingerprint density at radius 3 is 2.56 bits per heavy atom. The number of carboxylic acid groups (broad SMARTS) is 1. The van der Waals surface area contributed by atoms with Crippen molar-refractivity contribution < 1.29 is 33.1 Å². The lowest BCUT2D eigenvalue weighted by Gasteiger charge is -2.10. The summed E-state index contributed by atoms with van der Waals surface area (Å²) in [6, 6.07) is 6.44. The number of anilines is 1. The van der Waals surface area contributed by atoms with Gasteiger partial charge in [0.15, 0.2) is 0 Å². The average molecular weight is 450 g/mol. The molecule has 1 saturated heterocycles. The molecule has 0 saturated carbocycles. The minimum absolute atomic E-state index is 0.0312. The molecule has 3 rings (SSSR count). The van der Waals surface area contributed by atoms with Crippen molar-refractivity contribution in [2.45, 2.75) is 25.2 Å². The van der Waals surface area contributed by atoms with Crippen LogP contribution in [0.25, 0.3) is 10.9 Å². The second-order valence-electron chi connectivity index (χ2n) is 7.22. The zero-order valence-electron chi connectivity index (χ0n) is 17.4. The van der Waals surface area contributed by atoms with Crippen LogP contribution in [0.3, 0.4) is 0 Å². The maximum atomic E-state index is 12.2. The van der Waals surface area contributed by atoms with E-state index in [1.165, 1.54) is 12.3 Å². The maximum absolute atomic E-state index is 12.2. The molecule has 3 N–H and O–H groups in total. The van der Waals surface area contributed by atoms with Gasteiger partial charge in [0.05, 0.1) is 36.3 Å². The summed E-state index contributed by atoms with van der Waals surface area (Å²) in [5.41, 5.74) is 1.11. The van der Waals surface area contributed by atoms with E-state index in [-0.39, 0.29) is 32.4 Å². The van der Waals surface area contributed by atoms with Gasteiger partial charge < -0.3 is 25.4 Å². The monoisotopic (exact) mass is 450 g/mol. The van der Waals surface area contributed by atoms with Crippen LogP contribution in [0, 0.1) is 0 Å². The zero-order valence-corrected chi connectivity index (χ0v) is 17.4. The molecule has 9 nitrogen and oxygen atoms in total. The van der Waals surface area contributed by atoms with Crippen LogP contribution in [-0.2, 0) is 14.4 Å². The fourth-order valence-corrected chi connectivity index (χ4v) is 3.05. The van der Waals surface area contributed by atoms with Gasteiger partial charge in [0.1, 0.15) is 6.29 Å². The molecule has 0 aliphatic carbocycles. The number of hydrogen-bond donors (Lipinski definition) is 3. The molecule has 1 aromatic heterocycles. The Bertz CT molecular complexity index is 999. The van der Waals surface area contributed by atoms with E-state index < -0.39 is 23.7 Å². The topological polar surface area (TPSA) is 129 Å². The third kappa shape index (κ3) is 7.34. The number of fused-ring (bicyclic) bond motifs is 1. The highest BCUT2D eigenvalue weighted by molar-refractivity contribution is 6.10. The van der Waals surface area contributed by atoms with Crippen LogP contribution in [0.1, 0.15) is 29.6 Å². The normalized spacial score (nSPS) is 14.8. The minimum Gasteiger partial charge on any atom is -0.481 e. The van der Waals surface area contributed by atoms with Crippen LogP contribution in [0.4, 0.5) is 14.5 Å². The smallest absolute Gasteiger partial charge is 0.303 e. The minimum atomic E-state index is -2.41. The summed E-state index contributed by atoms with van der Waals surface area (Å²) in [6.07, 6.45) is 1.60. The van der Waals surface area contributed by atoms with E-state index >= 15 is 0 Å². The summed E-state index contributed by atoms with van der Waals surface area (Å²) in [5, 5.41) is 14.2. The first-order valence-electron chi connectivity index (χ1n) is 9.80. The fraction of sp³-hybridized carbons (Fsp3) is 0.381. The third-order valence-corrected chi connectivity index (χ3v) is 4.56. The predicted molar refractivity (Wildman–Crippen MR) is 113 cm³/mol. The summed E-state index contributed by atoms with van der Waals surface area (Å²) >= 11 is 0. The molecule has 0 bridgehead atoms. The SMILES string of the molecule is CN1CCC(F)(F)C1.O=CCNC(=O)c1ccnc2c(NC(=O)CCC(=O)O)cccc12. The molecule has 2 amide bonds. The molecule has 0 spiro atoms. The van der Waals surface area contributed by atoms with Gasteiger partial charge in [0, 0.05) is 31.0 Å². The second-order valence-corrected chi connectivity index (χ2v) is 7.22. The number of carbonyl (C=O) groups excluding carboxylic acids is 3. The number of para-hydroxylation sites is 1. The van der Waals surface area contributed by atoms with Crippen LogP contribution < -0.4 is 10.6 Å². The Hall–Kier alpha value is -3.47. The fourth-order valence-electron chi connectivity index (χ4n) is 3.05. The second kappa shape index (κ2) is 11.2. The van der Waals surface area contributed by atoms with Gasteiger partial charge in [-0.25, -0.2) is 8.78 Å². The van der Waals surface area contributed by atoms with Crippen molar-refractivity contribution in [1.82, 2.24) is 15.2 Å². The van der Waals surface area contributed by atoms with Gasteiger partial charge in [0.2, 0.25) is 5.91 Å². The first-order valence-corrected chi connectivity index (χ1v) is 9.80. The number of nitrogens with zero attached hydrogens (tertiary/aromatic N) is 2. The first-order chi connectivity index (χ1) is 15.1. The first kappa shape index (κ1) is 24.8. The Morgan fingerprint density at radius 2 is 2.00 bits per heavy atom. The number of likely N-dealkylation sites (tertiary alicyclic amines) is 1. The van der Waals surface area contributed by atoms with Crippen LogP contribution in [-0.4, -0.2) is 71.7 Å². The van der Waals surface area contributed by atoms with Crippen LogP contribution in [0.2, 0.25) is 0 Å². The lowest BCUT2D eigenvalue weighted by molar-refractivity contribution is -0.138. The Labute approximate surface area is 182 Å². The molecular weight excluding hydrogens is 426 g/mol. The molecule has 32 heavy (non-hydrogen) atoms. The van der Waals surface area contributed by atoms with Gasteiger partial charge in [0.25, 0.3) is 11.8 Å². The molecule has 172 valence electrons. The highest BCUT2D eigenvalue weighted by Gasteiger charge is 2.36. The van der Waals surface area contributed by atoms with Crippen molar-refractivity contribution >= 4 is 40.7 Å². The lowest BCUT2D eigenvalue weighted by atomic mass is 10.1. The summed E-state index contributed by atoms with van der Waals surface area (Å²) < 4.78 is 24.3. The van der Waals surface area contributed by atoms with Crippen molar-refractivity contribution in [2.24, 2.45) is 0 Å². The van der Waals surface area contributed by atoms with E-state index in [0.29, 0.717) is 35.0 Å². The van der Waals surface area contributed by atoms with Gasteiger partial charge in [-0.3, -0.25) is 19.4 Å². The van der Waals surface area contributed by atoms with Gasteiger partial charge in [-0.2, -0.15) is 0 Å². The van der Waals surface area contributed by atoms with E-state index in [1.807, 2.05) is 0 Å². The third-order valence-electron chi connectivity index (χ3n) is 4.56. The van der Waals surface area contributed by atoms with Crippen molar-refractivity contribution in [3.63, 3.8) is 0 Å². The van der Waals surface area contributed by atoms with Crippen molar-refractivity contribution in [3.05, 3.63) is 36.0 Å². The average Bonchev–Trinajstić information content (AvgIpc) is 3.07. The number of hydrogen-bond acceptors (Lipinski definition) is 6. The van der Waals surface area contributed by atoms with Crippen LogP contribution >= 0.6 is 0 Å². The number of aldehydes is 1. The zero-order chi connectivity index (χ0) is 23.7. The highest BCUT2D eigenvalue weighted by Crippen LogP contribution is 2.25. The summed E-state index contributed by atoms with van der Waals surface area (Å²) in [5.74, 6) is -4.35. The van der Waals surface area contributed by atoms with Gasteiger partial charge in [-0.05, 0) is 19.2 Å². The molecule has 0 unspecified atom stereocenters. The molecule has 0 atom stereocenters. The lowest BCUT2D eigenvalue weighted by Crippen LogP contribution is -2.25. The Morgan fingerprint density at radius 1 is 1.25 bits per heavy atom. The number of benzene rings is 1. The number of halogens is 2. The molecule has 11 heteroatoms. The number of carbonyl (C=O) groups is 4. The molecule has 0 radical (unpaired) electrons. The Balaban J connectivity index is 0.000000380. The van der Waals surface area contributed by atoms with Crippen LogP contribution in [0.5, 0.6) is 0 Å². The highest BCUT2D eigenvalue weighted by atomic mass is 19.3. The van der Waals surface area contributed by atoms with Crippen LogP contribution in [0.15, 0.2) is 30.5 Å². The van der Waals surface area contributed by atoms with Crippen molar-refractivity contribution in [3.8, 4) is 0 Å². The van der Waals surface area contributed by atoms with E-state index in [4.69, 9.17) is 5.11 Å². The summed E-state index contributed by atoms with van der Waals surface area (Å²) in [6.45, 7) is 0.369. The number of rotatable bonds is 7. The molecule has 2 heterocycles. The molecule has 1 aliphatic heterocycles. The number of amides is 2. The van der Waals surface area contributed by atoms with Gasteiger partial charge in [-0.15, -0.1) is 0 Å². The molecule has 1 aliphatic rings. The van der Waals surface area contributed by atoms with E-state index in [0.717, 1.165) is 0 Å². The molecule has 1 aromatic carbocycles. The number of aliphatic carboxylic acids is 1. The number of carboxylic acids is 1.